The van der Waals surface area contributed by atoms with Gasteiger partial charge in [0, 0.05) is 22.3 Å². The minimum absolute atomic E-state index is 0.133. The molecule has 0 unspecified atom stereocenters. The van der Waals surface area contributed by atoms with Crippen LogP contribution in [-0.4, -0.2) is 29.3 Å². The van der Waals surface area contributed by atoms with Crippen molar-refractivity contribution in [2.75, 3.05) is 6.26 Å². The molecule has 2 heterocycles. The van der Waals surface area contributed by atoms with Crippen LogP contribution in [0, 0.1) is 0 Å². The zero-order valence-electron chi connectivity index (χ0n) is 12.5. The molecule has 2 aromatic heterocycles. The van der Waals surface area contributed by atoms with E-state index in [-0.39, 0.29) is 5.16 Å². The molecule has 0 radical (unpaired) electrons. The van der Waals surface area contributed by atoms with Gasteiger partial charge in [-0.15, -0.1) is 5.10 Å². The second-order valence-electron chi connectivity index (χ2n) is 5.30. The third-order valence-electron chi connectivity index (χ3n) is 3.50. The zero-order chi connectivity index (χ0) is 15.6. The summed E-state index contributed by atoms with van der Waals surface area (Å²) in [5, 5.41) is 4.11. The third-order valence-corrected chi connectivity index (χ3v) is 4.98. The predicted octanol–water partition coefficient (Wildman–Crippen LogP) is 3.58. The highest BCUT2D eigenvalue weighted by molar-refractivity contribution is 9.10. The van der Waals surface area contributed by atoms with Gasteiger partial charge in [0.2, 0.25) is 9.84 Å². The number of rotatable bonds is 6. The Balaban J connectivity index is 2.62. The lowest BCUT2D eigenvalue weighted by Crippen LogP contribution is -2.11. The molecule has 0 spiro atoms. The highest BCUT2D eigenvalue weighted by Gasteiger charge is 2.20. The molecule has 0 bridgehead atoms. The quantitative estimate of drug-likeness (QED) is 0.775. The molecule has 0 saturated heterocycles. The minimum atomic E-state index is -3.41. The van der Waals surface area contributed by atoms with Crippen molar-refractivity contribution in [3.8, 4) is 0 Å². The Morgan fingerprint density at radius 2 is 1.90 bits per heavy atom. The molecule has 2 rings (SSSR count). The smallest absolute Gasteiger partial charge is 0.232 e. The molecule has 2 aromatic rings. The van der Waals surface area contributed by atoms with Crippen LogP contribution in [0.4, 0.5) is 0 Å². The Morgan fingerprint density at radius 1 is 1.29 bits per heavy atom. The summed E-state index contributed by atoms with van der Waals surface area (Å²) in [4.78, 5) is 3.95. The first kappa shape index (κ1) is 16.4. The molecule has 116 valence electrons. The van der Waals surface area contributed by atoms with E-state index in [1.54, 1.807) is 10.7 Å². The second kappa shape index (κ2) is 6.44. The summed E-state index contributed by atoms with van der Waals surface area (Å²) in [6, 6.07) is 2.03. The molecule has 0 aliphatic carbocycles. The summed E-state index contributed by atoms with van der Waals surface area (Å²) < 4.78 is 26.0. The number of hydrogen-bond acceptors (Lipinski definition) is 4. The molecule has 0 aliphatic heterocycles. The number of hydrogen-bond donors (Lipinski definition) is 0. The molecule has 0 N–H and O–H groups in total. The van der Waals surface area contributed by atoms with E-state index in [0.29, 0.717) is 5.92 Å². The van der Waals surface area contributed by atoms with Gasteiger partial charge in [-0.25, -0.2) is 17.9 Å². The summed E-state index contributed by atoms with van der Waals surface area (Å²) in [7, 11) is -3.41. The van der Waals surface area contributed by atoms with Crippen LogP contribution in [0.2, 0.25) is 0 Å². The summed E-state index contributed by atoms with van der Waals surface area (Å²) in [5.74, 6) is 0.376. The topological polar surface area (TPSA) is 64.3 Å². The first-order valence-corrected chi connectivity index (χ1v) is 9.81. The predicted molar refractivity (Wildman–Crippen MR) is 86.4 cm³/mol. The van der Waals surface area contributed by atoms with E-state index in [9.17, 15) is 8.42 Å². The van der Waals surface area contributed by atoms with E-state index in [1.165, 1.54) is 0 Å². The molecule has 0 aliphatic rings. The van der Waals surface area contributed by atoms with Crippen LogP contribution in [-0.2, 0) is 9.84 Å². The highest BCUT2D eigenvalue weighted by atomic mass is 79.9. The Labute approximate surface area is 133 Å². The van der Waals surface area contributed by atoms with Gasteiger partial charge < -0.3 is 0 Å². The Kier molecular flexibility index (Phi) is 5.03. The van der Waals surface area contributed by atoms with Crippen LogP contribution in [0.15, 0.2) is 21.9 Å². The van der Waals surface area contributed by atoms with Crippen LogP contribution < -0.4 is 0 Å². The van der Waals surface area contributed by atoms with Gasteiger partial charge in [-0.05, 0) is 34.8 Å². The maximum absolute atomic E-state index is 11.7. The lowest BCUT2D eigenvalue weighted by molar-refractivity contribution is 0.530. The molecule has 5 nitrogen and oxygen atoms in total. The van der Waals surface area contributed by atoms with Crippen LogP contribution in [0.1, 0.15) is 51.1 Å². The van der Waals surface area contributed by atoms with Crippen LogP contribution in [0.3, 0.4) is 0 Å². The largest absolute Gasteiger partial charge is 0.265 e. The number of halogens is 1. The van der Waals surface area contributed by atoms with Gasteiger partial charge in [0.05, 0.1) is 11.7 Å². The molecule has 0 aromatic carbocycles. The van der Waals surface area contributed by atoms with E-state index in [1.807, 2.05) is 6.07 Å². The maximum atomic E-state index is 11.7. The summed E-state index contributed by atoms with van der Waals surface area (Å²) in [5.41, 5.74) is 1.85. The molecule has 0 amide bonds. The third kappa shape index (κ3) is 3.45. The molecule has 0 atom stereocenters. The fourth-order valence-electron chi connectivity index (χ4n) is 2.56. The molecule has 21 heavy (non-hydrogen) atoms. The van der Waals surface area contributed by atoms with Gasteiger partial charge in [0.1, 0.15) is 0 Å². The van der Waals surface area contributed by atoms with Crippen LogP contribution in [0.5, 0.6) is 0 Å². The van der Waals surface area contributed by atoms with Gasteiger partial charge in [0.25, 0.3) is 5.16 Å². The summed E-state index contributed by atoms with van der Waals surface area (Å²) in [6.45, 7) is 4.31. The lowest BCUT2D eigenvalue weighted by Gasteiger charge is -2.15. The molecular formula is C14H20BrN3O2S. The van der Waals surface area contributed by atoms with Gasteiger partial charge in [-0.1, -0.05) is 26.7 Å². The summed E-state index contributed by atoms with van der Waals surface area (Å²) in [6.07, 6.45) is 6.97. The maximum Gasteiger partial charge on any atom is 0.265 e. The monoisotopic (exact) mass is 373 g/mol. The van der Waals surface area contributed by atoms with Gasteiger partial charge in [-0.2, -0.15) is 0 Å². The fraction of sp³-hybridized carbons (Fsp3) is 0.571. The number of fused-ring (bicyclic) bond motifs is 1. The minimum Gasteiger partial charge on any atom is -0.232 e. The van der Waals surface area contributed by atoms with Crippen molar-refractivity contribution in [1.82, 2.24) is 14.6 Å². The molecule has 7 heteroatoms. The first-order chi connectivity index (χ1) is 9.88. The van der Waals surface area contributed by atoms with Crippen LogP contribution >= 0.6 is 15.9 Å². The second-order valence-corrected chi connectivity index (χ2v) is 8.07. The van der Waals surface area contributed by atoms with Crippen molar-refractivity contribution in [2.24, 2.45) is 0 Å². The number of aromatic nitrogens is 3. The van der Waals surface area contributed by atoms with Crippen molar-refractivity contribution in [1.29, 1.82) is 0 Å². The van der Waals surface area contributed by atoms with Crippen LogP contribution in [0.25, 0.3) is 5.52 Å². The van der Waals surface area contributed by atoms with Crippen molar-refractivity contribution in [3.63, 3.8) is 0 Å². The van der Waals surface area contributed by atoms with E-state index in [4.69, 9.17) is 0 Å². The lowest BCUT2D eigenvalue weighted by atomic mass is 9.95. The number of sulfone groups is 1. The van der Waals surface area contributed by atoms with Gasteiger partial charge in [0.15, 0.2) is 0 Å². The fourth-order valence-corrected chi connectivity index (χ4v) is 3.54. The highest BCUT2D eigenvalue weighted by Crippen LogP contribution is 2.31. The normalized spacial score (nSPS) is 12.4. The standard InChI is InChI=1S/C14H20BrN3O2S/c1-4-6-10(7-5-2)12-8-11(15)13-9-16-14(17-18(12)13)21(3,19)20/h8-10H,4-7H2,1-3H3. The van der Waals surface area contributed by atoms with E-state index < -0.39 is 9.84 Å². The SMILES string of the molecule is CCCC(CCC)c1cc(Br)c2cnc(S(C)(=O)=O)nn12. The van der Waals surface area contributed by atoms with Crippen molar-refractivity contribution < 1.29 is 8.42 Å². The Hall–Kier alpha value is -0.950. The van der Waals surface area contributed by atoms with Crippen molar-refractivity contribution >= 4 is 31.3 Å². The van der Waals surface area contributed by atoms with E-state index in [2.05, 4.69) is 39.9 Å². The zero-order valence-corrected chi connectivity index (χ0v) is 14.9. The average molecular weight is 374 g/mol. The Bertz CT molecular complexity index is 734. The van der Waals surface area contributed by atoms with Gasteiger partial charge in [-0.3, -0.25) is 0 Å². The van der Waals surface area contributed by atoms with E-state index >= 15 is 0 Å². The molecular weight excluding hydrogens is 354 g/mol. The van der Waals surface area contributed by atoms with E-state index in [0.717, 1.165) is 47.6 Å². The summed E-state index contributed by atoms with van der Waals surface area (Å²) >= 11 is 3.51. The Morgan fingerprint density at radius 3 is 2.43 bits per heavy atom. The van der Waals surface area contributed by atoms with Crippen molar-refractivity contribution in [2.45, 2.75) is 50.6 Å². The van der Waals surface area contributed by atoms with Crippen molar-refractivity contribution in [3.05, 3.63) is 22.4 Å². The van der Waals surface area contributed by atoms with Gasteiger partial charge >= 0.3 is 0 Å². The first-order valence-electron chi connectivity index (χ1n) is 7.12. The molecule has 0 fully saturated rings. The molecule has 0 saturated carbocycles. The number of nitrogens with zero attached hydrogens (tertiary/aromatic N) is 3. The average Bonchev–Trinajstić information content (AvgIpc) is 2.74.